The topological polar surface area (TPSA) is 62.0 Å². The minimum Gasteiger partial charge on any atom is -0.343 e. The molecule has 0 aliphatic carbocycles. The number of hydrogen-bond donors (Lipinski definition) is 2. The van der Waals surface area contributed by atoms with E-state index in [1.54, 1.807) is 35.6 Å². The molecule has 0 bridgehead atoms. The number of rotatable bonds is 3. The maximum Gasteiger partial charge on any atom is 0.405 e. The molecule has 1 aromatic heterocycles. The molecule has 7 heteroatoms. The van der Waals surface area contributed by atoms with E-state index in [9.17, 15) is 22.8 Å². The van der Waals surface area contributed by atoms with Gasteiger partial charge in [-0.3, -0.25) is 9.59 Å². The van der Waals surface area contributed by atoms with E-state index in [1.165, 1.54) is 12.1 Å². The summed E-state index contributed by atoms with van der Waals surface area (Å²) >= 11 is 0. The van der Waals surface area contributed by atoms with Gasteiger partial charge in [-0.05, 0) is 17.7 Å². The Morgan fingerprint density at radius 2 is 1.76 bits per heavy atom. The number of pyridine rings is 1. The minimum atomic E-state index is -4.52. The molecule has 0 spiro atoms. The number of benzene rings is 1. The molecule has 2 rings (SSSR count). The lowest BCUT2D eigenvalue weighted by Gasteiger charge is -2.08. The van der Waals surface area contributed by atoms with Gasteiger partial charge in [-0.1, -0.05) is 30.3 Å². The van der Waals surface area contributed by atoms with Crippen LogP contribution in [0, 0.1) is 0 Å². The number of nitrogens with one attached hydrogen (secondary N) is 2. The largest absolute Gasteiger partial charge is 0.405 e. The van der Waals surface area contributed by atoms with Crippen LogP contribution in [-0.4, -0.2) is 23.6 Å². The van der Waals surface area contributed by atoms with Crippen LogP contribution in [0.2, 0.25) is 0 Å². The molecular formula is C14H11F3N2O2. The van der Waals surface area contributed by atoms with Crippen molar-refractivity contribution in [3.05, 3.63) is 58.4 Å². The third-order valence-electron chi connectivity index (χ3n) is 2.69. The van der Waals surface area contributed by atoms with Crippen LogP contribution in [0.3, 0.4) is 0 Å². The van der Waals surface area contributed by atoms with E-state index in [1.807, 2.05) is 0 Å². The maximum absolute atomic E-state index is 12.0. The van der Waals surface area contributed by atoms with Gasteiger partial charge < -0.3 is 10.3 Å². The van der Waals surface area contributed by atoms with Crippen LogP contribution >= 0.6 is 0 Å². The zero-order chi connectivity index (χ0) is 15.5. The van der Waals surface area contributed by atoms with Crippen molar-refractivity contribution in [2.24, 2.45) is 0 Å². The number of H-pyrrole nitrogens is 1. The Bertz CT molecular complexity index is 693. The minimum absolute atomic E-state index is 0.362. The molecule has 110 valence electrons. The third kappa shape index (κ3) is 3.95. The first-order valence-corrected chi connectivity index (χ1v) is 6.00. The Balaban J connectivity index is 2.20. The second kappa shape index (κ2) is 5.82. The number of hydrogen-bond acceptors (Lipinski definition) is 2. The molecule has 4 nitrogen and oxygen atoms in total. The SMILES string of the molecule is O=C(NCC(F)(F)F)c1ccc(-c2ccccc2)[nH]c1=O. The lowest BCUT2D eigenvalue weighted by molar-refractivity contribution is -0.123. The summed E-state index contributed by atoms with van der Waals surface area (Å²) in [6, 6.07) is 11.5. The molecule has 0 aliphatic heterocycles. The fourth-order valence-corrected chi connectivity index (χ4v) is 1.71. The average molecular weight is 296 g/mol. The highest BCUT2D eigenvalue weighted by atomic mass is 19.4. The van der Waals surface area contributed by atoms with E-state index in [0.717, 1.165) is 5.56 Å². The van der Waals surface area contributed by atoms with Crippen molar-refractivity contribution in [3.63, 3.8) is 0 Å². The lowest BCUT2D eigenvalue weighted by atomic mass is 10.1. The zero-order valence-corrected chi connectivity index (χ0v) is 10.7. The molecular weight excluding hydrogens is 285 g/mol. The zero-order valence-electron chi connectivity index (χ0n) is 10.7. The quantitative estimate of drug-likeness (QED) is 0.913. The number of carbonyl (C=O) groups excluding carboxylic acids is 1. The summed E-state index contributed by atoms with van der Waals surface area (Å²) in [7, 11) is 0. The van der Waals surface area contributed by atoms with Crippen LogP contribution in [0.25, 0.3) is 11.3 Å². The first-order valence-electron chi connectivity index (χ1n) is 6.00. The van der Waals surface area contributed by atoms with Gasteiger partial charge in [0, 0.05) is 5.69 Å². The van der Waals surface area contributed by atoms with Crippen molar-refractivity contribution < 1.29 is 18.0 Å². The normalized spacial score (nSPS) is 11.2. The summed E-state index contributed by atoms with van der Waals surface area (Å²) in [5, 5.41) is 1.66. The van der Waals surface area contributed by atoms with E-state index >= 15 is 0 Å². The lowest BCUT2D eigenvalue weighted by Crippen LogP contribution is -2.36. The molecule has 0 unspecified atom stereocenters. The predicted octanol–water partition coefficient (Wildman–Crippen LogP) is 2.33. The molecule has 2 aromatic rings. The van der Waals surface area contributed by atoms with Crippen molar-refractivity contribution in [2.75, 3.05) is 6.54 Å². The molecule has 0 saturated heterocycles. The van der Waals surface area contributed by atoms with Gasteiger partial charge in [-0.15, -0.1) is 0 Å². The van der Waals surface area contributed by atoms with Gasteiger partial charge in [0.2, 0.25) is 0 Å². The van der Waals surface area contributed by atoms with Crippen LogP contribution in [0.5, 0.6) is 0 Å². The van der Waals surface area contributed by atoms with E-state index in [0.29, 0.717) is 5.69 Å². The highest BCUT2D eigenvalue weighted by Gasteiger charge is 2.28. The summed E-state index contributed by atoms with van der Waals surface area (Å²) in [6.45, 7) is -1.48. The molecule has 0 fully saturated rings. The standard InChI is InChI=1S/C14H11F3N2O2/c15-14(16,17)8-18-12(20)10-6-7-11(19-13(10)21)9-4-2-1-3-5-9/h1-7H,8H2,(H,18,20)(H,19,21). The van der Waals surface area contributed by atoms with Crippen molar-refractivity contribution >= 4 is 5.91 Å². The number of halogens is 3. The fourth-order valence-electron chi connectivity index (χ4n) is 1.71. The highest BCUT2D eigenvalue weighted by Crippen LogP contribution is 2.15. The molecule has 1 aromatic carbocycles. The van der Waals surface area contributed by atoms with E-state index < -0.39 is 24.2 Å². The second-order valence-corrected chi connectivity index (χ2v) is 4.28. The Kier molecular flexibility index (Phi) is 4.11. The van der Waals surface area contributed by atoms with Crippen molar-refractivity contribution in [1.82, 2.24) is 10.3 Å². The fraction of sp³-hybridized carbons (Fsp3) is 0.143. The van der Waals surface area contributed by atoms with E-state index in [4.69, 9.17) is 0 Å². The Labute approximate surface area is 117 Å². The van der Waals surface area contributed by atoms with Crippen LogP contribution in [0.4, 0.5) is 13.2 Å². The van der Waals surface area contributed by atoms with Crippen molar-refractivity contribution in [3.8, 4) is 11.3 Å². The number of amides is 1. The van der Waals surface area contributed by atoms with Gasteiger partial charge in [0.15, 0.2) is 0 Å². The Morgan fingerprint density at radius 1 is 1.10 bits per heavy atom. The Morgan fingerprint density at radius 3 is 2.33 bits per heavy atom. The van der Waals surface area contributed by atoms with E-state index in [-0.39, 0.29) is 5.56 Å². The first-order chi connectivity index (χ1) is 9.87. The summed E-state index contributed by atoms with van der Waals surface area (Å²) in [4.78, 5) is 25.8. The highest BCUT2D eigenvalue weighted by molar-refractivity contribution is 5.94. The van der Waals surface area contributed by atoms with Gasteiger partial charge in [-0.2, -0.15) is 13.2 Å². The average Bonchev–Trinajstić information content (AvgIpc) is 2.45. The molecule has 0 atom stereocenters. The number of carbonyl (C=O) groups is 1. The van der Waals surface area contributed by atoms with Crippen molar-refractivity contribution in [1.29, 1.82) is 0 Å². The first kappa shape index (κ1) is 14.8. The van der Waals surface area contributed by atoms with Crippen LogP contribution in [0.1, 0.15) is 10.4 Å². The summed E-state index contributed by atoms with van der Waals surface area (Å²) in [6.07, 6.45) is -4.52. The molecule has 0 saturated carbocycles. The van der Waals surface area contributed by atoms with E-state index in [2.05, 4.69) is 4.98 Å². The Hall–Kier alpha value is -2.57. The van der Waals surface area contributed by atoms with Crippen LogP contribution in [-0.2, 0) is 0 Å². The van der Waals surface area contributed by atoms with Gasteiger partial charge in [0.05, 0.1) is 0 Å². The number of alkyl halides is 3. The molecule has 2 N–H and O–H groups in total. The predicted molar refractivity (Wildman–Crippen MR) is 70.9 cm³/mol. The maximum atomic E-state index is 12.0. The molecule has 21 heavy (non-hydrogen) atoms. The molecule has 0 radical (unpaired) electrons. The third-order valence-corrected chi connectivity index (χ3v) is 2.69. The summed E-state index contributed by atoms with van der Waals surface area (Å²) in [5.74, 6) is -1.06. The number of aromatic amines is 1. The summed E-state index contributed by atoms with van der Waals surface area (Å²) in [5.41, 5.74) is 0.111. The van der Waals surface area contributed by atoms with Crippen LogP contribution < -0.4 is 10.9 Å². The van der Waals surface area contributed by atoms with Gasteiger partial charge in [0.25, 0.3) is 11.5 Å². The van der Waals surface area contributed by atoms with Gasteiger partial charge in [0.1, 0.15) is 12.1 Å². The monoisotopic (exact) mass is 296 g/mol. The van der Waals surface area contributed by atoms with Gasteiger partial charge in [-0.25, -0.2) is 0 Å². The van der Waals surface area contributed by atoms with Crippen LogP contribution in [0.15, 0.2) is 47.3 Å². The molecule has 1 heterocycles. The van der Waals surface area contributed by atoms with Gasteiger partial charge >= 0.3 is 6.18 Å². The smallest absolute Gasteiger partial charge is 0.343 e. The summed E-state index contributed by atoms with van der Waals surface area (Å²) < 4.78 is 36.1. The molecule has 1 amide bonds. The second-order valence-electron chi connectivity index (χ2n) is 4.28. The van der Waals surface area contributed by atoms with Crippen molar-refractivity contribution in [2.45, 2.75) is 6.18 Å². The molecule has 0 aliphatic rings. The number of aromatic nitrogens is 1.